The molecule has 4 nitrogen and oxygen atoms in total. The molecule has 1 amide bonds. The standard InChI is InChI=1S/C18H26N2O2.ClH/c1-14-4-2-3-5-16(14)15-6-9-20(12-15)17(21)18(13-19)7-10-22-11-8-18;/h2-5,15H,6-13,19H2,1H3;1H. The Labute approximate surface area is 144 Å². The second-order valence-corrected chi connectivity index (χ2v) is 6.69. The highest BCUT2D eigenvalue weighted by Crippen LogP contribution is 2.36. The van der Waals surface area contributed by atoms with Crippen LogP contribution in [-0.4, -0.2) is 43.7 Å². The summed E-state index contributed by atoms with van der Waals surface area (Å²) in [4.78, 5) is 15.0. The van der Waals surface area contributed by atoms with E-state index < -0.39 is 5.41 Å². The molecule has 0 spiro atoms. The zero-order chi connectivity index (χ0) is 15.6. The lowest BCUT2D eigenvalue weighted by Gasteiger charge is -2.37. The second kappa shape index (κ2) is 7.65. The summed E-state index contributed by atoms with van der Waals surface area (Å²) in [5.74, 6) is 0.703. The van der Waals surface area contributed by atoms with Crippen LogP contribution < -0.4 is 5.73 Å². The lowest BCUT2D eigenvalue weighted by molar-refractivity contribution is -0.146. The van der Waals surface area contributed by atoms with E-state index in [2.05, 4.69) is 31.2 Å². The summed E-state index contributed by atoms with van der Waals surface area (Å²) in [6.45, 7) is 5.56. The predicted octanol–water partition coefficient (Wildman–Crippen LogP) is 2.49. The molecule has 0 radical (unpaired) electrons. The highest BCUT2D eigenvalue weighted by Gasteiger charge is 2.43. The summed E-state index contributed by atoms with van der Waals surface area (Å²) in [5.41, 5.74) is 8.29. The van der Waals surface area contributed by atoms with Crippen LogP contribution in [0.25, 0.3) is 0 Å². The van der Waals surface area contributed by atoms with Gasteiger partial charge in [-0.15, -0.1) is 12.4 Å². The third-order valence-electron chi connectivity index (χ3n) is 5.40. The van der Waals surface area contributed by atoms with E-state index in [9.17, 15) is 4.79 Å². The number of hydrogen-bond donors (Lipinski definition) is 1. The second-order valence-electron chi connectivity index (χ2n) is 6.69. The first-order valence-corrected chi connectivity index (χ1v) is 8.29. The van der Waals surface area contributed by atoms with Gasteiger partial charge in [-0.2, -0.15) is 0 Å². The number of aryl methyl sites for hydroxylation is 1. The molecular weight excluding hydrogens is 312 g/mol. The molecule has 128 valence electrons. The van der Waals surface area contributed by atoms with Crippen molar-refractivity contribution in [3.8, 4) is 0 Å². The van der Waals surface area contributed by atoms with Gasteiger partial charge in [0.15, 0.2) is 0 Å². The normalized spacial score (nSPS) is 23.4. The molecule has 2 aliphatic heterocycles. The van der Waals surface area contributed by atoms with Crippen LogP contribution >= 0.6 is 12.4 Å². The van der Waals surface area contributed by atoms with Gasteiger partial charge in [0.2, 0.25) is 5.91 Å². The van der Waals surface area contributed by atoms with Crippen molar-refractivity contribution in [2.45, 2.75) is 32.1 Å². The van der Waals surface area contributed by atoms with E-state index in [4.69, 9.17) is 10.5 Å². The highest BCUT2D eigenvalue weighted by molar-refractivity contribution is 5.85. The van der Waals surface area contributed by atoms with E-state index >= 15 is 0 Å². The fraction of sp³-hybridized carbons (Fsp3) is 0.611. The van der Waals surface area contributed by atoms with Crippen molar-refractivity contribution >= 4 is 18.3 Å². The summed E-state index contributed by atoms with van der Waals surface area (Å²) in [7, 11) is 0. The van der Waals surface area contributed by atoms with E-state index in [0.717, 1.165) is 32.4 Å². The molecular formula is C18H27ClN2O2. The van der Waals surface area contributed by atoms with E-state index in [0.29, 0.717) is 25.7 Å². The van der Waals surface area contributed by atoms with E-state index in [-0.39, 0.29) is 18.3 Å². The van der Waals surface area contributed by atoms with Crippen molar-refractivity contribution in [3.05, 3.63) is 35.4 Å². The molecule has 2 heterocycles. The third kappa shape index (κ3) is 3.54. The number of hydrogen-bond acceptors (Lipinski definition) is 3. The van der Waals surface area contributed by atoms with Gasteiger partial charge in [-0.05, 0) is 37.3 Å². The maximum atomic E-state index is 13.0. The Kier molecular flexibility index (Phi) is 6.06. The van der Waals surface area contributed by atoms with Gasteiger partial charge >= 0.3 is 0 Å². The molecule has 0 bridgehead atoms. The summed E-state index contributed by atoms with van der Waals surface area (Å²) < 4.78 is 5.42. The maximum absolute atomic E-state index is 13.0. The van der Waals surface area contributed by atoms with Crippen LogP contribution in [0.1, 0.15) is 36.3 Å². The first-order chi connectivity index (χ1) is 10.7. The van der Waals surface area contributed by atoms with Crippen molar-refractivity contribution in [1.82, 2.24) is 4.90 Å². The number of likely N-dealkylation sites (tertiary alicyclic amines) is 1. The molecule has 5 heteroatoms. The van der Waals surface area contributed by atoms with E-state index in [1.165, 1.54) is 11.1 Å². The van der Waals surface area contributed by atoms with Crippen LogP contribution in [0.4, 0.5) is 0 Å². The molecule has 2 aliphatic rings. The largest absolute Gasteiger partial charge is 0.381 e. The molecule has 1 unspecified atom stereocenters. The van der Waals surface area contributed by atoms with Gasteiger partial charge < -0.3 is 15.4 Å². The van der Waals surface area contributed by atoms with Crippen molar-refractivity contribution in [2.75, 3.05) is 32.8 Å². The number of carbonyl (C=O) groups is 1. The number of benzene rings is 1. The molecule has 1 aromatic carbocycles. The lowest BCUT2D eigenvalue weighted by atomic mass is 9.79. The number of amides is 1. The Hall–Kier alpha value is -1.10. The molecule has 3 rings (SSSR count). The number of carbonyl (C=O) groups excluding carboxylic acids is 1. The van der Waals surface area contributed by atoms with Crippen LogP contribution in [-0.2, 0) is 9.53 Å². The first-order valence-electron chi connectivity index (χ1n) is 8.29. The number of nitrogens with zero attached hydrogens (tertiary/aromatic N) is 1. The number of rotatable bonds is 3. The number of halogens is 1. The molecule has 2 saturated heterocycles. The minimum absolute atomic E-state index is 0. The van der Waals surface area contributed by atoms with Crippen molar-refractivity contribution in [3.63, 3.8) is 0 Å². The summed E-state index contributed by atoms with van der Waals surface area (Å²) in [6.07, 6.45) is 2.56. The SMILES string of the molecule is Cc1ccccc1C1CCN(C(=O)C2(CN)CCOCC2)C1.Cl. The first kappa shape index (κ1) is 18.2. The summed E-state index contributed by atoms with van der Waals surface area (Å²) >= 11 is 0. The Bertz CT molecular complexity index is 544. The zero-order valence-corrected chi connectivity index (χ0v) is 14.6. The van der Waals surface area contributed by atoms with Crippen LogP contribution in [0.2, 0.25) is 0 Å². The summed E-state index contributed by atoms with van der Waals surface area (Å²) in [6, 6.07) is 8.51. The quantitative estimate of drug-likeness (QED) is 0.921. The van der Waals surface area contributed by atoms with Gasteiger partial charge in [0.05, 0.1) is 5.41 Å². The fourth-order valence-electron chi connectivity index (χ4n) is 3.85. The summed E-state index contributed by atoms with van der Waals surface area (Å²) in [5, 5.41) is 0. The Morgan fingerprint density at radius 3 is 2.70 bits per heavy atom. The monoisotopic (exact) mass is 338 g/mol. The minimum atomic E-state index is -0.390. The van der Waals surface area contributed by atoms with Crippen molar-refractivity contribution in [1.29, 1.82) is 0 Å². The topological polar surface area (TPSA) is 55.6 Å². The van der Waals surface area contributed by atoms with Gasteiger partial charge in [0, 0.05) is 38.8 Å². The molecule has 0 saturated carbocycles. The van der Waals surface area contributed by atoms with Gasteiger partial charge in [-0.25, -0.2) is 0 Å². The smallest absolute Gasteiger partial charge is 0.230 e. The molecule has 2 N–H and O–H groups in total. The molecule has 0 aliphatic carbocycles. The van der Waals surface area contributed by atoms with Crippen molar-refractivity contribution in [2.24, 2.45) is 11.1 Å². The van der Waals surface area contributed by atoms with Crippen molar-refractivity contribution < 1.29 is 9.53 Å². The van der Waals surface area contributed by atoms with E-state index in [1.807, 2.05) is 4.90 Å². The number of ether oxygens (including phenoxy) is 1. The molecule has 1 aromatic rings. The Morgan fingerprint density at radius 1 is 1.35 bits per heavy atom. The fourth-order valence-corrected chi connectivity index (χ4v) is 3.85. The highest BCUT2D eigenvalue weighted by atomic mass is 35.5. The van der Waals surface area contributed by atoms with E-state index in [1.54, 1.807) is 0 Å². The average Bonchev–Trinajstić information content (AvgIpc) is 3.05. The van der Waals surface area contributed by atoms with Crippen LogP contribution in [0, 0.1) is 12.3 Å². The maximum Gasteiger partial charge on any atom is 0.230 e. The van der Waals surface area contributed by atoms with Gasteiger partial charge in [0.1, 0.15) is 0 Å². The van der Waals surface area contributed by atoms with Gasteiger partial charge in [0.25, 0.3) is 0 Å². The Morgan fingerprint density at radius 2 is 2.04 bits per heavy atom. The number of nitrogens with two attached hydrogens (primary N) is 1. The molecule has 1 atom stereocenters. The average molecular weight is 339 g/mol. The van der Waals surface area contributed by atoms with Gasteiger partial charge in [-0.1, -0.05) is 24.3 Å². The van der Waals surface area contributed by atoms with Crippen LogP contribution in [0.5, 0.6) is 0 Å². The molecule has 23 heavy (non-hydrogen) atoms. The minimum Gasteiger partial charge on any atom is -0.381 e. The zero-order valence-electron chi connectivity index (χ0n) is 13.8. The Balaban J connectivity index is 0.00000192. The molecule has 2 fully saturated rings. The predicted molar refractivity (Wildman–Crippen MR) is 93.9 cm³/mol. The van der Waals surface area contributed by atoms with Gasteiger partial charge in [-0.3, -0.25) is 4.79 Å². The third-order valence-corrected chi connectivity index (χ3v) is 5.40. The van der Waals surface area contributed by atoms with Crippen LogP contribution in [0.15, 0.2) is 24.3 Å². The lowest BCUT2D eigenvalue weighted by Crippen LogP contribution is -2.50. The van der Waals surface area contributed by atoms with Crippen LogP contribution in [0.3, 0.4) is 0 Å². The molecule has 0 aromatic heterocycles.